The van der Waals surface area contributed by atoms with Crippen molar-refractivity contribution in [2.24, 2.45) is 5.41 Å². The van der Waals surface area contributed by atoms with Crippen LogP contribution >= 0.6 is 0 Å². The van der Waals surface area contributed by atoms with Gasteiger partial charge >= 0.3 is 0 Å². The van der Waals surface area contributed by atoms with Crippen LogP contribution in [-0.4, -0.2) is 43.7 Å². The molecule has 2 atom stereocenters. The summed E-state index contributed by atoms with van der Waals surface area (Å²) >= 11 is 0. The van der Waals surface area contributed by atoms with Gasteiger partial charge in [-0.2, -0.15) is 0 Å². The first-order chi connectivity index (χ1) is 13.1. The van der Waals surface area contributed by atoms with Crippen molar-refractivity contribution in [1.29, 1.82) is 0 Å². The Kier molecular flexibility index (Phi) is 4.98. The molecule has 1 spiro atoms. The molecule has 0 saturated carbocycles. The van der Waals surface area contributed by atoms with Gasteiger partial charge in [-0.25, -0.2) is 4.39 Å². The molecule has 0 N–H and O–H groups in total. The molecule has 2 aromatic carbocycles. The van der Waals surface area contributed by atoms with E-state index in [-0.39, 0.29) is 23.2 Å². The van der Waals surface area contributed by atoms with E-state index in [2.05, 4.69) is 36.1 Å². The van der Waals surface area contributed by atoms with Crippen LogP contribution in [0.15, 0.2) is 54.6 Å². The zero-order valence-electron chi connectivity index (χ0n) is 15.6. The van der Waals surface area contributed by atoms with Crippen LogP contribution in [0.25, 0.3) is 0 Å². The maximum absolute atomic E-state index is 13.2. The molecule has 2 aliphatic rings. The molecule has 1 amide bonds. The molecule has 2 aromatic rings. The van der Waals surface area contributed by atoms with Gasteiger partial charge in [0.2, 0.25) is 5.91 Å². The van der Waals surface area contributed by atoms with Crippen LogP contribution < -0.4 is 4.90 Å². The fraction of sp³-hybridized carbons (Fsp3) is 0.409. The minimum absolute atomic E-state index is 0.0828. The molecule has 2 aliphatic heterocycles. The highest BCUT2D eigenvalue weighted by molar-refractivity contribution is 5.96. The number of anilines is 1. The highest BCUT2D eigenvalue weighted by Crippen LogP contribution is 2.38. The fourth-order valence-electron chi connectivity index (χ4n) is 4.25. The molecule has 2 heterocycles. The highest BCUT2D eigenvalue weighted by Gasteiger charge is 2.46. The third-order valence-electron chi connectivity index (χ3n) is 5.76. The number of hydrogen-bond donors (Lipinski definition) is 0. The molecule has 0 unspecified atom stereocenters. The lowest BCUT2D eigenvalue weighted by Gasteiger charge is -2.35. The van der Waals surface area contributed by atoms with Gasteiger partial charge in [-0.05, 0) is 36.8 Å². The lowest BCUT2D eigenvalue weighted by Crippen LogP contribution is -2.41. The number of carbonyl (C=O) groups is 1. The van der Waals surface area contributed by atoms with E-state index in [0.29, 0.717) is 26.2 Å². The number of halogens is 1. The first-order valence-corrected chi connectivity index (χ1v) is 9.49. The number of ether oxygens (including phenoxy) is 1. The van der Waals surface area contributed by atoms with Gasteiger partial charge in [-0.1, -0.05) is 30.3 Å². The first-order valence-electron chi connectivity index (χ1n) is 9.49. The number of rotatable bonds is 3. The second-order valence-electron chi connectivity index (χ2n) is 7.74. The summed E-state index contributed by atoms with van der Waals surface area (Å²) in [5, 5.41) is 0. The predicted octanol–water partition coefficient (Wildman–Crippen LogP) is 3.64. The largest absolute Gasteiger partial charge is 0.379 e. The molecule has 4 rings (SSSR count). The Balaban J connectivity index is 1.55. The van der Waals surface area contributed by atoms with Gasteiger partial charge in [0, 0.05) is 43.2 Å². The van der Waals surface area contributed by atoms with E-state index in [0.717, 1.165) is 18.8 Å². The molecule has 2 fully saturated rings. The number of benzene rings is 2. The van der Waals surface area contributed by atoms with Crippen LogP contribution in [-0.2, 0) is 9.53 Å². The average molecular weight is 368 g/mol. The fourth-order valence-corrected chi connectivity index (χ4v) is 4.25. The zero-order chi connectivity index (χ0) is 18.9. The van der Waals surface area contributed by atoms with E-state index < -0.39 is 0 Å². The summed E-state index contributed by atoms with van der Waals surface area (Å²) in [5.41, 5.74) is 1.80. The van der Waals surface area contributed by atoms with Gasteiger partial charge in [0.15, 0.2) is 0 Å². The quantitative estimate of drug-likeness (QED) is 0.829. The van der Waals surface area contributed by atoms with E-state index in [4.69, 9.17) is 4.74 Å². The van der Waals surface area contributed by atoms with Crippen molar-refractivity contribution < 1.29 is 13.9 Å². The Bertz CT molecular complexity index is 796. The third-order valence-corrected chi connectivity index (χ3v) is 5.76. The van der Waals surface area contributed by atoms with Crippen LogP contribution in [0.2, 0.25) is 0 Å². The molecule has 0 aliphatic carbocycles. The summed E-state index contributed by atoms with van der Waals surface area (Å²) in [6, 6.07) is 16.9. The molecule has 142 valence electrons. The molecular weight excluding hydrogens is 343 g/mol. The average Bonchev–Trinajstić information content (AvgIpc) is 2.87. The van der Waals surface area contributed by atoms with Gasteiger partial charge in [0.25, 0.3) is 0 Å². The summed E-state index contributed by atoms with van der Waals surface area (Å²) in [6.45, 7) is 5.73. The van der Waals surface area contributed by atoms with Gasteiger partial charge in [0.05, 0.1) is 13.2 Å². The second-order valence-corrected chi connectivity index (χ2v) is 7.74. The van der Waals surface area contributed by atoms with Crippen molar-refractivity contribution in [1.82, 2.24) is 4.90 Å². The molecule has 0 radical (unpaired) electrons. The third kappa shape index (κ3) is 3.75. The zero-order valence-corrected chi connectivity index (χ0v) is 15.6. The van der Waals surface area contributed by atoms with Crippen molar-refractivity contribution >= 4 is 11.6 Å². The molecule has 5 heteroatoms. The maximum atomic E-state index is 13.2. The lowest BCUT2D eigenvalue weighted by molar-refractivity contribution is -0.118. The van der Waals surface area contributed by atoms with Gasteiger partial charge < -0.3 is 9.64 Å². The molecule has 0 aromatic heterocycles. The van der Waals surface area contributed by atoms with Crippen molar-refractivity contribution in [3.63, 3.8) is 0 Å². The number of carbonyl (C=O) groups excluding carboxylic acids is 1. The molecule has 4 nitrogen and oxygen atoms in total. The van der Waals surface area contributed by atoms with Crippen molar-refractivity contribution in [3.8, 4) is 0 Å². The van der Waals surface area contributed by atoms with Crippen LogP contribution in [0.3, 0.4) is 0 Å². The van der Waals surface area contributed by atoms with E-state index >= 15 is 0 Å². The monoisotopic (exact) mass is 368 g/mol. The van der Waals surface area contributed by atoms with Crippen molar-refractivity contribution in [2.75, 3.05) is 37.7 Å². The van der Waals surface area contributed by atoms with E-state index in [9.17, 15) is 9.18 Å². The Morgan fingerprint density at radius 2 is 1.81 bits per heavy atom. The van der Waals surface area contributed by atoms with Gasteiger partial charge in [-0.15, -0.1) is 0 Å². The van der Waals surface area contributed by atoms with Crippen LogP contribution in [0.4, 0.5) is 10.1 Å². The molecule has 27 heavy (non-hydrogen) atoms. The van der Waals surface area contributed by atoms with Gasteiger partial charge in [-0.3, -0.25) is 9.69 Å². The topological polar surface area (TPSA) is 32.8 Å². The summed E-state index contributed by atoms with van der Waals surface area (Å²) in [5.74, 6) is -0.208. The smallest absolute Gasteiger partial charge is 0.227 e. The summed E-state index contributed by atoms with van der Waals surface area (Å²) in [4.78, 5) is 16.9. The Hall–Kier alpha value is -2.24. The summed E-state index contributed by atoms with van der Waals surface area (Å²) in [7, 11) is 0. The van der Waals surface area contributed by atoms with Crippen molar-refractivity contribution in [2.45, 2.75) is 19.4 Å². The summed E-state index contributed by atoms with van der Waals surface area (Å²) < 4.78 is 19.2. The lowest BCUT2D eigenvalue weighted by atomic mass is 9.86. The van der Waals surface area contributed by atoms with Crippen LogP contribution in [0.1, 0.15) is 24.9 Å². The second kappa shape index (κ2) is 7.41. The van der Waals surface area contributed by atoms with E-state index in [1.807, 2.05) is 6.07 Å². The normalized spacial score (nSPS) is 25.0. The number of amides is 1. The van der Waals surface area contributed by atoms with Gasteiger partial charge in [0.1, 0.15) is 5.82 Å². The van der Waals surface area contributed by atoms with Crippen LogP contribution in [0, 0.1) is 11.2 Å². The Morgan fingerprint density at radius 1 is 1.07 bits per heavy atom. The van der Waals surface area contributed by atoms with E-state index in [1.54, 1.807) is 17.0 Å². The predicted molar refractivity (Wildman–Crippen MR) is 103 cm³/mol. The summed E-state index contributed by atoms with van der Waals surface area (Å²) in [6.07, 6.45) is 0.461. The van der Waals surface area contributed by atoms with Crippen molar-refractivity contribution in [3.05, 3.63) is 66.0 Å². The molecule has 0 bridgehead atoms. The minimum Gasteiger partial charge on any atom is -0.379 e. The van der Waals surface area contributed by atoms with E-state index in [1.165, 1.54) is 17.7 Å². The molecule has 2 saturated heterocycles. The SMILES string of the molecule is C[C@@H](c1ccccc1)N1CCOC[C@@]2(CC(=O)N(c3ccc(F)cc3)C2)C1. The number of nitrogens with zero attached hydrogens (tertiary/aromatic N) is 2. The maximum Gasteiger partial charge on any atom is 0.227 e. The standard InChI is InChI=1S/C22H25FN2O2/c1-17(18-5-3-2-4-6-18)24-11-12-27-16-22(14-24)13-21(26)25(15-22)20-9-7-19(23)8-10-20/h2-10,17H,11-16H2,1H3/t17-,22-/m0/s1. The minimum atomic E-state index is -0.291. The Morgan fingerprint density at radius 3 is 2.56 bits per heavy atom. The van der Waals surface area contributed by atoms with Crippen LogP contribution in [0.5, 0.6) is 0 Å². The number of hydrogen-bond acceptors (Lipinski definition) is 3. The highest BCUT2D eigenvalue weighted by atomic mass is 19.1. The first kappa shape index (κ1) is 18.1. The Labute approximate surface area is 159 Å². The molecular formula is C22H25FN2O2.